The Morgan fingerprint density at radius 1 is 0.927 bits per heavy atom. The van der Waals surface area contributed by atoms with Crippen LogP contribution in [0.25, 0.3) is 0 Å². The minimum atomic E-state index is -5.12. The summed E-state index contributed by atoms with van der Waals surface area (Å²) in [6.07, 6.45) is -16.4. The molecule has 0 spiro atoms. The van der Waals surface area contributed by atoms with E-state index in [1.807, 2.05) is 0 Å². The summed E-state index contributed by atoms with van der Waals surface area (Å²) in [4.78, 5) is 27.7. The van der Waals surface area contributed by atoms with Gasteiger partial charge in [0.05, 0.1) is 34.5 Å². The van der Waals surface area contributed by atoms with Gasteiger partial charge in [0, 0.05) is 20.0 Å². The van der Waals surface area contributed by atoms with Gasteiger partial charge in [-0.1, -0.05) is 6.07 Å². The quantitative estimate of drug-likeness (QED) is 0.333. The number of rotatable bonds is 4. The van der Waals surface area contributed by atoms with Gasteiger partial charge in [0.25, 0.3) is 0 Å². The van der Waals surface area contributed by atoms with E-state index in [1.165, 1.54) is 20.8 Å². The molecule has 5 nitrogen and oxygen atoms in total. The Hall–Kier alpha value is -3.45. The number of hydrogen-bond donors (Lipinski definition) is 0. The highest BCUT2D eigenvalue weighted by atomic mass is 19.4. The molecule has 2 amide bonds. The van der Waals surface area contributed by atoms with E-state index in [4.69, 9.17) is 4.74 Å². The first kappa shape index (κ1) is 32.1. The molecule has 14 heteroatoms. The molecule has 1 atom stereocenters. The maximum Gasteiger partial charge on any atom is 0.416 e. The average Bonchev–Trinajstić information content (AvgIpc) is 2.98. The van der Waals surface area contributed by atoms with Crippen LogP contribution in [0.4, 0.5) is 50.0 Å². The fourth-order valence-corrected chi connectivity index (χ4v) is 4.77. The molecule has 1 unspecified atom stereocenters. The second kappa shape index (κ2) is 11.4. The number of carbonyl (C=O) groups excluding carboxylic acids is 2. The molecule has 0 saturated heterocycles. The molecule has 2 aromatic rings. The van der Waals surface area contributed by atoms with Crippen molar-refractivity contribution in [2.24, 2.45) is 0 Å². The third-order valence-corrected chi connectivity index (χ3v) is 6.53. The lowest BCUT2D eigenvalue weighted by Crippen LogP contribution is -2.35. The first-order chi connectivity index (χ1) is 18.7. The molecule has 3 rings (SSSR count). The van der Waals surface area contributed by atoms with Gasteiger partial charge in [-0.3, -0.25) is 9.69 Å². The molecule has 0 saturated carbocycles. The maximum atomic E-state index is 13.8. The Bertz CT molecular complexity index is 1270. The number of amides is 2. The standard InChI is InChI=1S/C27H27F9N2O3/c1-14(2)41-24(40)37-7-5-6-22(20-8-15(3)21(12-23(20)37)27(34,35)36)38(16(4)39)13-17-9-18(25(28,29)30)11-19(10-17)26(31,32)33/h8-12,14,22H,5-7,13H2,1-4H3. The second-order valence-electron chi connectivity index (χ2n) is 10.0. The topological polar surface area (TPSA) is 49.9 Å². The van der Waals surface area contributed by atoms with Crippen molar-refractivity contribution in [3.63, 3.8) is 0 Å². The molecule has 1 aliphatic heterocycles. The summed E-state index contributed by atoms with van der Waals surface area (Å²) >= 11 is 0. The monoisotopic (exact) mass is 598 g/mol. The van der Waals surface area contributed by atoms with Crippen molar-refractivity contribution in [3.8, 4) is 0 Å². The summed E-state index contributed by atoms with van der Waals surface area (Å²) in [5, 5.41) is 0. The van der Waals surface area contributed by atoms with Crippen molar-refractivity contribution < 1.29 is 53.8 Å². The minimum Gasteiger partial charge on any atom is -0.446 e. The van der Waals surface area contributed by atoms with Crippen LogP contribution in [0.15, 0.2) is 30.3 Å². The number of hydrogen-bond acceptors (Lipinski definition) is 3. The molecule has 226 valence electrons. The zero-order valence-corrected chi connectivity index (χ0v) is 22.4. The molecule has 0 radical (unpaired) electrons. The van der Waals surface area contributed by atoms with Crippen LogP contribution in [0.1, 0.15) is 73.0 Å². The van der Waals surface area contributed by atoms with E-state index in [9.17, 15) is 49.1 Å². The molecule has 0 N–H and O–H groups in total. The van der Waals surface area contributed by atoms with Crippen LogP contribution in [0, 0.1) is 6.92 Å². The van der Waals surface area contributed by atoms with Crippen LogP contribution in [0.3, 0.4) is 0 Å². The number of halogens is 9. The first-order valence-electron chi connectivity index (χ1n) is 12.5. The largest absolute Gasteiger partial charge is 0.446 e. The van der Waals surface area contributed by atoms with E-state index in [1.54, 1.807) is 0 Å². The highest BCUT2D eigenvalue weighted by molar-refractivity contribution is 5.90. The Labute approximate surface area is 229 Å². The number of fused-ring (bicyclic) bond motifs is 1. The van der Waals surface area contributed by atoms with Crippen molar-refractivity contribution in [2.45, 2.75) is 77.8 Å². The fraction of sp³-hybridized carbons (Fsp3) is 0.481. The molecule has 1 aliphatic rings. The lowest BCUT2D eigenvalue weighted by Gasteiger charge is -2.33. The van der Waals surface area contributed by atoms with E-state index < -0.39 is 71.5 Å². The van der Waals surface area contributed by atoms with Crippen LogP contribution in [-0.4, -0.2) is 29.5 Å². The van der Waals surface area contributed by atoms with Gasteiger partial charge >= 0.3 is 24.6 Å². The van der Waals surface area contributed by atoms with Crippen LogP contribution in [0.2, 0.25) is 0 Å². The summed E-state index contributed by atoms with van der Waals surface area (Å²) in [5.74, 6) is -0.748. The van der Waals surface area contributed by atoms with E-state index in [-0.39, 0.29) is 42.3 Å². The van der Waals surface area contributed by atoms with Gasteiger partial charge in [0.2, 0.25) is 5.91 Å². The predicted octanol–water partition coefficient (Wildman–Crippen LogP) is 8.29. The molecular weight excluding hydrogens is 571 g/mol. The molecule has 0 bridgehead atoms. The third-order valence-electron chi connectivity index (χ3n) is 6.53. The molecule has 41 heavy (non-hydrogen) atoms. The van der Waals surface area contributed by atoms with Gasteiger partial charge in [0.1, 0.15) is 0 Å². The Kier molecular flexibility index (Phi) is 8.95. The molecule has 0 aromatic heterocycles. The lowest BCUT2D eigenvalue weighted by molar-refractivity contribution is -0.143. The van der Waals surface area contributed by atoms with Crippen LogP contribution in [0.5, 0.6) is 0 Å². The zero-order chi connectivity index (χ0) is 31.1. The SMILES string of the molecule is CC(=O)N(Cc1cc(C(F)(F)F)cc(C(F)(F)F)c1)C1CCCN(C(=O)OC(C)C)c2cc(C(F)(F)F)c(C)cc21. The highest BCUT2D eigenvalue weighted by Gasteiger charge is 2.40. The number of alkyl halides is 9. The highest BCUT2D eigenvalue weighted by Crippen LogP contribution is 2.44. The number of carbonyl (C=O) groups is 2. The van der Waals surface area contributed by atoms with Crippen molar-refractivity contribution >= 4 is 17.7 Å². The third kappa shape index (κ3) is 7.45. The predicted molar refractivity (Wildman–Crippen MR) is 130 cm³/mol. The van der Waals surface area contributed by atoms with Crippen LogP contribution < -0.4 is 4.90 Å². The molecular formula is C27H27F9N2O3. The first-order valence-corrected chi connectivity index (χ1v) is 12.5. The Morgan fingerprint density at radius 2 is 1.49 bits per heavy atom. The zero-order valence-electron chi connectivity index (χ0n) is 22.4. The molecule has 0 fully saturated rings. The maximum absolute atomic E-state index is 13.8. The number of aryl methyl sites for hydroxylation is 1. The van der Waals surface area contributed by atoms with Gasteiger partial charge in [-0.15, -0.1) is 0 Å². The number of benzene rings is 2. The number of ether oxygens (including phenoxy) is 1. The van der Waals surface area contributed by atoms with Gasteiger partial charge in [-0.25, -0.2) is 4.79 Å². The van der Waals surface area contributed by atoms with Gasteiger partial charge in [-0.05, 0) is 74.6 Å². The summed E-state index contributed by atoms with van der Waals surface area (Å²) in [6, 6.07) is 1.74. The smallest absolute Gasteiger partial charge is 0.416 e. The Morgan fingerprint density at radius 3 is 1.95 bits per heavy atom. The van der Waals surface area contributed by atoms with Crippen molar-refractivity contribution in [2.75, 3.05) is 11.4 Å². The van der Waals surface area contributed by atoms with Crippen LogP contribution in [-0.2, 0) is 34.6 Å². The molecule has 0 aliphatic carbocycles. The van der Waals surface area contributed by atoms with Crippen molar-refractivity contribution in [3.05, 3.63) is 63.7 Å². The summed E-state index contributed by atoms with van der Waals surface area (Å²) in [6.45, 7) is 4.48. The fourth-order valence-electron chi connectivity index (χ4n) is 4.77. The normalized spacial score (nSPS) is 16.3. The number of nitrogens with zero attached hydrogens (tertiary/aromatic N) is 2. The second-order valence-corrected chi connectivity index (χ2v) is 10.0. The average molecular weight is 599 g/mol. The van der Waals surface area contributed by atoms with E-state index in [0.29, 0.717) is 12.1 Å². The summed E-state index contributed by atoms with van der Waals surface area (Å²) in [5.41, 5.74) is -5.06. The molecule has 2 aromatic carbocycles. The lowest BCUT2D eigenvalue weighted by atomic mass is 9.94. The van der Waals surface area contributed by atoms with Gasteiger partial charge < -0.3 is 9.64 Å². The van der Waals surface area contributed by atoms with Gasteiger partial charge in [-0.2, -0.15) is 39.5 Å². The van der Waals surface area contributed by atoms with Crippen molar-refractivity contribution in [1.29, 1.82) is 0 Å². The minimum absolute atomic E-state index is 0.0389. The summed E-state index contributed by atoms with van der Waals surface area (Å²) in [7, 11) is 0. The number of anilines is 1. The van der Waals surface area contributed by atoms with E-state index in [2.05, 4.69) is 0 Å². The summed E-state index contributed by atoms with van der Waals surface area (Å²) < 4.78 is 127. The van der Waals surface area contributed by atoms with E-state index >= 15 is 0 Å². The van der Waals surface area contributed by atoms with Gasteiger partial charge in [0.15, 0.2) is 0 Å². The van der Waals surface area contributed by atoms with Crippen LogP contribution >= 0.6 is 0 Å². The Balaban J connectivity index is 2.19. The molecule has 1 heterocycles. The van der Waals surface area contributed by atoms with Crippen molar-refractivity contribution in [1.82, 2.24) is 4.90 Å². The van der Waals surface area contributed by atoms with E-state index in [0.717, 1.165) is 28.9 Å².